The van der Waals surface area contributed by atoms with E-state index in [0.717, 1.165) is 16.8 Å². The molecule has 0 fully saturated rings. The minimum absolute atomic E-state index is 0.207. The summed E-state index contributed by atoms with van der Waals surface area (Å²) < 4.78 is 6.76. The number of para-hydroxylation sites is 1. The molecule has 140 valence electrons. The lowest BCUT2D eigenvalue weighted by Gasteiger charge is -2.17. The molecule has 0 N–H and O–H groups in total. The van der Waals surface area contributed by atoms with Crippen LogP contribution in [-0.2, 0) is 10.5 Å². The smallest absolute Gasteiger partial charge is 0.338 e. The van der Waals surface area contributed by atoms with Crippen molar-refractivity contribution in [2.75, 3.05) is 6.61 Å². The number of aromatic nitrogens is 2. The molecule has 0 radical (unpaired) electrons. The van der Waals surface area contributed by atoms with Crippen molar-refractivity contribution in [3.63, 3.8) is 0 Å². The first kappa shape index (κ1) is 19.2. The van der Waals surface area contributed by atoms with E-state index < -0.39 is 5.97 Å². The lowest BCUT2D eigenvalue weighted by Crippen LogP contribution is -2.25. The molecule has 6 heteroatoms. The van der Waals surface area contributed by atoms with Gasteiger partial charge in [-0.1, -0.05) is 18.2 Å². The van der Waals surface area contributed by atoms with E-state index in [9.17, 15) is 9.59 Å². The van der Waals surface area contributed by atoms with Gasteiger partial charge in [-0.25, -0.2) is 9.78 Å². The van der Waals surface area contributed by atoms with Gasteiger partial charge in [0.05, 0.1) is 28.8 Å². The van der Waals surface area contributed by atoms with Gasteiger partial charge in [-0.2, -0.15) is 12.6 Å². The Kier molecular flexibility index (Phi) is 5.37. The van der Waals surface area contributed by atoms with Crippen LogP contribution in [0.1, 0.15) is 39.8 Å². The first-order valence-corrected chi connectivity index (χ1v) is 9.43. The van der Waals surface area contributed by atoms with Gasteiger partial charge in [0, 0.05) is 5.75 Å². The van der Waals surface area contributed by atoms with Crippen molar-refractivity contribution in [2.24, 2.45) is 0 Å². The summed E-state index contributed by atoms with van der Waals surface area (Å²) in [4.78, 5) is 30.5. The van der Waals surface area contributed by atoms with Crippen LogP contribution in [0.15, 0.2) is 35.1 Å². The van der Waals surface area contributed by atoms with E-state index in [1.807, 2.05) is 38.1 Å². The third-order valence-electron chi connectivity index (χ3n) is 4.66. The highest BCUT2D eigenvalue weighted by Gasteiger charge is 2.21. The number of nitrogens with zero attached hydrogens (tertiary/aromatic N) is 2. The molecular formula is C21H22N2O3S. The summed E-state index contributed by atoms with van der Waals surface area (Å²) in [6.07, 6.45) is 0. The van der Waals surface area contributed by atoms with Crippen molar-refractivity contribution in [3.8, 4) is 5.69 Å². The van der Waals surface area contributed by atoms with Crippen molar-refractivity contribution in [3.05, 3.63) is 68.8 Å². The van der Waals surface area contributed by atoms with Crippen molar-refractivity contribution >= 4 is 29.5 Å². The zero-order valence-electron chi connectivity index (χ0n) is 15.9. The summed E-state index contributed by atoms with van der Waals surface area (Å²) in [6.45, 7) is 7.58. The zero-order valence-corrected chi connectivity index (χ0v) is 16.8. The number of hydrogen-bond acceptors (Lipinski definition) is 5. The maximum atomic E-state index is 13.5. The van der Waals surface area contributed by atoms with Gasteiger partial charge in [0.25, 0.3) is 5.56 Å². The zero-order chi connectivity index (χ0) is 19.7. The number of carbonyl (C=O) groups is 1. The summed E-state index contributed by atoms with van der Waals surface area (Å²) in [7, 11) is 0. The van der Waals surface area contributed by atoms with Gasteiger partial charge in [-0.15, -0.1) is 0 Å². The average molecular weight is 382 g/mol. The fourth-order valence-corrected chi connectivity index (χ4v) is 3.64. The molecule has 0 saturated heterocycles. The van der Waals surface area contributed by atoms with E-state index in [0.29, 0.717) is 33.6 Å². The van der Waals surface area contributed by atoms with Crippen LogP contribution in [0.3, 0.4) is 0 Å². The van der Waals surface area contributed by atoms with E-state index in [1.165, 1.54) is 0 Å². The highest BCUT2D eigenvalue weighted by atomic mass is 32.1. The summed E-state index contributed by atoms with van der Waals surface area (Å²) >= 11 is 4.37. The molecule has 1 heterocycles. The van der Waals surface area contributed by atoms with Gasteiger partial charge in [-0.3, -0.25) is 9.36 Å². The van der Waals surface area contributed by atoms with Crippen LogP contribution >= 0.6 is 12.6 Å². The van der Waals surface area contributed by atoms with Crippen LogP contribution < -0.4 is 5.56 Å². The second kappa shape index (κ2) is 7.56. The number of esters is 1. The van der Waals surface area contributed by atoms with Crippen LogP contribution in [0.25, 0.3) is 16.6 Å². The van der Waals surface area contributed by atoms with Crippen LogP contribution in [0, 0.1) is 20.8 Å². The normalized spacial score (nSPS) is 11.0. The lowest BCUT2D eigenvalue weighted by atomic mass is 9.98. The van der Waals surface area contributed by atoms with Gasteiger partial charge < -0.3 is 4.74 Å². The van der Waals surface area contributed by atoms with Gasteiger partial charge >= 0.3 is 5.97 Å². The van der Waals surface area contributed by atoms with E-state index >= 15 is 0 Å². The lowest BCUT2D eigenvalue weighted by molar-refractivity contribution is 0.0525. The Bertz CT molecular complexity index is 1100. The molecule has 3 aromatic rings. The van der Waals surface area contributed by atoms with E-state index in [4.69, 9.17) is 4.74 Å². The first-order valence-electron chi connectivity index (χ1n) is 8.80. The summed E-state index contributed by atoms with van der Waals surface area (Å²) in [6, 6.07) is 9.40. The second-order valence-corrected chi connectivity index (χ2v) is 6.74. The Morgan fingerprint density at radius 1 is 1.19 bits per heavy atom. The number of ether oxygens (including phenoxy) is 1. The number of thiol groups is 1. The largest absolute Gasteiger partial charge is 0.462 e. The molecule has 3 rings (SSSR count). The Labute approximate surface area is 163 Å². The summed E-state index contributed by atoms with van der Waals surface area (Å²) in [5.74, 6) is 0.458. The minimum Gasteiger partial charge on any atom is -0.462 e. The van der Waals surface area contributed by atoms with Gasteiger partial charge in [0.2, 0.25) is 0 Å². The molecule has 0 spiro atoms. The fraction of sp³-hybridized carbons (Fsp3) is 0.286. The Morgan fingerprint density at radius 3 is 2.52 bits per heavy atom. The molecule has 1 aromatic heterocycles. The van der Waals surface area contributed by atoms with E-state index in [1.54, 1.807) is 24.5 Å². The molecule has 0 unspecified atom stereocenters. The molecule has 5 nitrogen and oxygen atoms in total. The number of carbonyl (C=O) groups excluding carboxylic acids is 1. The monoisotopic (exact) mass is 382 g/mol. The molecule has 0 saturated carbocycles. The maximum Gasteiger partial charge on any atom is 0.338 e. The fourth-order valence-electron chi connectivity index (χ4n) is 3.42. The summed E-state index contributed by atoms with van der Waals surface area (Å²) in [5.41, 5.74) is 3.84. The second-order valence-electron chi connectivity index (χ2n) is 6.42. The van der Waals surface area contributed by atoms with E-state index in [-0.39, 0.29) is 12.2 Å². The first-order chi connectivity index (χ1) is 12.9. The number of aryl methyl sites for hydroxylation is 3. The molecule has 2 aromatic carbocycles. The SMILES string of the molecule is CCOC(=O)c1c(C)cc2nc(CS)n(-c3ccccc3C)c(=O)c2c1C. The maximum absolute atomic E-state index is 13.5. The van der Waals surface area contributed by atoms with E-state index in [2.05, 4.69) is 17.6 Å². The number of rotatable bonds is 4. The highest BCUT2D eigenvalue weighted by molar-refractivity contribution is 7.79. The van der Waals surface area contributed by atoms with Gasteiger partial charge in [0.15, 0.2) is 0 Å². The Hall–Kier alpha value is -2.60. The molecule has 0 aliphatic rings. The number of hydrogen-bond donors (Lipinski definition) is 1. The Morgan fingerprint density at radius 2 is 1.89 bits per heavy atom. The van der Waals surface area contributed by atoms with Crippen LogP contribution in [0.2, 0.25) is 0 Å². The third-order valence-corrected chi connectivity index (χ3v) is 4.94. The average Bonchev–Trinajstić information content (AvgIpc) is 2.62. The molecule has 0 bridgehead atoms. The molecule has 0 amide bonds. The minimum atomic E-state index is -0.422. The molecular weight excluding hydrogens is 360 g/mol. The van der Waals surface area contributed by atoms with Crippen molar-refractivity contribution in [1.29, 1.82) is 0 Å². The predicted molar refractivity (Wildman–Crippen MR) is 110 cm³/mol. The predicted octanol–water partition coefficient (Wildman–Crippen LogP) is 3.92. The van der Waals surface area contributed by atoms with Crippen molar-refractivity contribution in [2.45, 2.75) is 33.4 Å². The van der Waals surface area contributed by atoms with Crippen LogP contribution in [0.4, 0.5) is 0 Å². The van der Waals surface area contributed by atoms with Crippen LogP contribution in [0.5, 0.6) is 0 Å². The van der Waals surface area contributed by atoms with Crippen molar-refractivity contribution < 1.29 is 9.53 Å². The van der Waals surface area contributed by atoms with Gasteiger partial charge in [0.1, 0.15) is 5.82 Å². The number of benzene rings is 2. The third kappa shape index (κ3) is 3.25. The van der Waals surface area contributed by atoms with Crippen molar-refractivity contribution in [1.82, 2.24) is 9.55 Å². The molecule has 0 aliphatic carbocycles. The molecule has 27 heavy (non-hydrogen) atoms. The highest BCUT2D eigenvalue weighted by Crippen LogP contribution is 2.25. The summed E-state index contributed by atoms with van der Waals surface area (Å²) in [5, 5.41) is 0.428. The van der Waals surface area contributed by atoms with Gasteiger partial charge in [-0.05, 0) is 56.5 Å². The number of fused-ring (bicyclic) bond motifs is 1. The quantitative estimate of drug-likeness (QED) is 0.549. The Balaban J connectivity index is 2.43. The standard InChI is InChI=1S/C21H22N2O3S/c1-5-26-21(25)18-13(3)10-15-19(14(18)4)20(24)23(17(11-27)22-15)16-9-7-6-8-12(16)2/h6-10,27H,5,11H2,1-4H3. The topological polar surface area (TPSA) is 61.2 Å². The van der Waals surface area contributed by atoms with Crippen LogP contribution in [-0.4, -0.2) is 22.1 Å². The molecule has 0 atom stereocenters. The molecule has 0 aliphatic heterocycles.